The van der Waals surface area contributed by atoms with Gasteiger partial charge in [-0.3, -0.25) is 0 Å². The molecule has 2 bridgehead atoms. The van der Waals surface area contributed by atoms with Crippen LogP contribution in [-0.4, -0.2) is 29.7 Å². The second kappa shape index (κ2) is 4.20. The summed E-state index contributed by atoms with van der Waals surface area (Å²) in [7, 11) is 0. The average molecular weight is 196 g/mol. The number of hydrogen-bond acceptors (Lipinski definition) is 2. The Morgan fingerprint density at radius 2 is 2.07 bits per heavy atom. The Morgan fingerprint density at radius 1 is 1.43 bits per heavy atom. The minimum absolute atomic E-state index is 0.0903. The number of nitrogens with zero attached hydrogens (tertiary/aromatic N) is 1. The molecule has 2 aliphatic heterocycles. The van der Waals surface area contributed by atoms with Gasteiger partial charge < -0.3 is 9.64 Å². The lowest BCUT2D eigenvalue weighted by molar-refractivity contribution is 0.0768. The van der Waals surface area contributed by atoms with E-state index in [4.69, 9.17) is 4.74 Å². The number of ether oxygens (including phenoxy) is 1. The van der Waals surface area contributed by atoms with Gasteiger partial charge in [0, 0.05) is 12.1 Å². The van der Waals surface area contributed by atoms with Gasteiger partial charge in [0.2, 0.25) is 0 Å². The van der Waals surface area contributed by atoms with E-state index in [-0.39, 0.29) is 6.09 Å². The summed E-state index contributed by atoms with van der Waals surface area (Å²) in [6.07, 6.45) is 7.54. The number of carbonyl (C=O) groups excluding carboxylic acids is 1. The van der Waals surface area contributed by atoms with Crippen LogP contribution in [0, 0.1) is 6.42 Å². The van der Waals surface area contributed by atoms with Gasteiger partial charge in [-0.1, -0.05) is 6.92 Å². The van der Waals surface area contributed by atoms with Crippen LogP contribution in [0.3, 0.4) is 0 Å². The molecule has 2 atom stereocenters. The zero-order valence-electron chi connectivity index (χ0n) is 8.74. The van der Waals surface area contributed by atoms with E-state index in [1.54, 1.807) is 0 Å². The van der Waals surface area contributed by atoms with E-state index in [9.17, 15) is 4.79 Å². The van der Waals surface area contributed by atoms with Crippen molar-refractivity contribution in [1.29, 1.82) is 0 Å². The van der Waals surface area contributed by atoms with Crippen LogP contribution in [0.25, 0.3) is 0 Å². The third kappa shape index (κ3) is 1.72. The maximum atomic E-state index is 11.7. The fourth-order valence-corrected chi connectivity index (χ4v) is 2.47. The van der Waals surface area contributed by atoms with E-state index in [0.29, 0.717) is 18.7 Å². The van der Waals surface area contributed by atoms with Gasteiger partial charge in [0.05, 0.1) is 6.61 Å². The van der Waals surface area contributed by atoms with Gasteiger partial charge in [-0.05, 0) is 38.5 Å². The number of hydrogen-bond donors (Lipinski definition) is 0. The molecular formula is C11H18NO2. The molecule has 0 aliphatic carbocycles. The number of rotatable bonds is 2. The van der Waals surface area contributed by atoms with Gasteiger partial charge in [0.25, 0.3) is 0 Å². The van der Waals surface area contributed by atoms with Crippen LogP contribution in [0.2, 0.25) is 0 Å². The number of carbonyl (C=O) groups is 1. The molecule has 2 fully saturated rings. The van der Waals surface area contributed by atoms with Gasteiger partial charge >= 0.3 is 6.09 Å². The highest BCUT2D eigenvalue weighted by molar-refractivity contribution is 5.69. The third-order valence-corrected chi connectivity index (χ3v) is 3.14. The van der Waals surface area contributed by atoms with E-state index in [0.717, 1.165) is 32.1 Å². The maximum Gasteiger partial charge on any atom is 0.410 e. The molecule has 1 amide bonds. The quantitative estimate of drug-likeness (QED) is 0.678. The molecule has 2 saturated heterocycles. The van der Waals surface area contributed by atoms with Crippen molar-refractivity contribution < 1.29 is 9.53 Å². The Hall–Kier alpha value is -0.730. The fraction of sp³-hybridized carbons (Fsp3) is 0.818. The first kappa shape index (κ1) is 9.81. The molecule has 2 rings (SSSR count). The molecular weight excluding hydrogens is 178 g/mol. The summed E-state index contributed by atoms with van der Waals surface area (Å²) in [5.41, 5.74) is 0. The van der Waals surface area contributed by atoms with Crippen LogP contribution < -0.4 is 0 Å². The van der Waals surface area contributed by atoms with Crippen molar-refractivity contribution in [3.63, 3.8) is 0 Å². The van der Waals surface area contributed by atoms with E-state index < -0.39 is 0 Å². The summed E-state index contributed by atoms with van der Waals surface area (Å²) >= 11 is 0. The van der Waals surface area contributed by atoms with Crippen LogP contribution in [0.1, 0.15) is 39.0 Å². The zero-order chi connectivity index (χ0) is 9.97. The number of amides is 1. The summed E-state index contributed by atoms with van der Waals surface area (Å²) < 4.78 is 5.18. The predicted molar refractivity (Wildman–Crippen MR) is 53.8 cm³/mol. The van der Waals surface area contributed by atoms with Crippen molar-refractivity contribution in [2.24, 2.45) is 0 Å². The van der Waals surface area contributed by atoms with Gasteiger partial charge in [-0.15, -0.1) is 0 Å². The molecule has 2 unspecified atom stereocenters. The summed E-state index contributed by atoms with van der Waals surface area (Å²) in [4.78, 5) is 13.7. The Kier molecular flexibility index (Phi) is 2.94. The lowest BCUT2D eigenvalue weighted by atomic mass is 10.0. The van der Waals surface area contributed by atoms with Crippen molar-refractivity contribution in [1.82, 2.24) is 4.90 Å². The van der Waals surface area contributed by atoms with Crippen molar-refractivity contribution in [3.8, 4) is 0 Å². The normalized spacial score (nSPS) is 30.5. The number of fused-ring (bicyclic) bond motifs is 2. The molecule has 2 aliphatic rings. The lowest BCUT2D eigenvalue weighted by Crippen LogP contribution is -2.44. The van der Waals surface area contributed by atoms with E-state index >= 15 is 0 Å². The third-order valence-electron chi connectivity index (χ3n) is 3.14. The van der Waals surface area contributed by atoms with Crippen molar-refractivity contribution in [3.05, 3.63) is 6.42 Å². The van der Waals surface area contributed by atoms with E-state index in [1.807, 2.05) is 11.8 Å². The van der Waals surface area contributed by atoms with Crippen molar-refractivity contribution in [2.45, 2.75) is 51.1 Å². The molecule has 0 aromatic rings. The molecule has 0 N–H and O–H groups in total. The minimum atomic E-state index is -0.0903. The van der Waals surface area contributed by atoms with E-state index in [2.05, 4.69) is 6.42 Å². The lowest BCUT2D eigenvalue weighted by Gasteiger charge is -2.33. The molecule has 0 saturated carbocycles. The van der Waals surface area contributed by atoms with Crippen molar-refractivity contribution >= 4 is 6.09 Å². The highest BCUT2D eigenvalue weighted by atomic mass is 16.6. The maximum absolute atomic E-state index is 11.7. The largest absolute Gasteiger partial charge is 0.449 e. The molecule has 1 radical (unpaired) electrons. The van der Waals surface area contributed by atoms with Crippen molar-refractivity contribution in [2.75, 3.05) is 6.61 Å². The Balaban J connectivity index is 1.93. The minimum Gasteiger partial charge on any atom is -0.449 e. The second-order valence-electron chi connectivity index (χ2n) is 4.17. The van der Waals surface area contributed by atoms with Crippen LogP contribution in [0.4, 0.5) is 4.79 Å². The fourth-order valence-electron chi connectivity index (χ4n) is 2.47. The molecule has 3 heteroatoms. The van der Waals surface area contributed by atoms with Gasteiger partial charge in [-0.2, -0.15) is 0 Å². The van der Waals surface area contributed by atoms with Crippen LogP contribution in [-0.2, 0) is 4.74 Å². The molecule has 3 nitrogen and oxygen atoms in total. The monoisotopic (exact) mass is 196 g/mol. The molecule has 79 valence electrons. The SMILES string of the molecule is CCCOC(=O)N1C2C[CH]CC1CC2. The first-order chi connectivity index (χ1) is 6.83. The van der Waals surface area contributed by atoms with Gasteiger partial charge in [0.15, 0.2) is 0 Å². The molecule has 0 spiro atoms. The zero-order valence-corrected chi connectivity index (χ0v) is 8.74. The summed E-state index contributed by atoms with van der Waals surface area (Å²) in [6, 6.07) is 0.858. The summed E-state index contributed by atoms with van der Waals surface area (Å²) in [5.74, 6) is 0. The Labute approximate surface area is 85.4 Å². The summed E-state index contributed by atoms with van der Waals surface area (Å²) in [5, 5.41) is 0. The van der Waals surface area contributed by atoms with Gasteiger partial charge in [-0.25, -0.2) is 4.79 Å². The second-order valence-corrected chi connectivity index (χ2v) is 4.17. The molecule has 14 heavy (non-hydrogen) atoms. The molecule has 0 aromatic carbocycles. The highest BCUT2D eigenvalue weighted by Gasteiger charge is 2.40. The first-order valence-electron chi connectivity index (χ1n) is 5.59. The average Bonchev–Trinajstić information content (AvgIpc) is 2.45. The van der Waals surface area contributed by atoms with Crippen LogP contribution in [0.15, 0.2) is 0 Å². The highest BCUT2D eigenvalue weighted by Crippen LogP contribution is 2.35. The Bertz CT molecular complexity index is 201. The molecule has 0 aromatic heterocycles. The first-order valence-corrected chi connectivity index (χ1v) is 5.59. The number of piperidine rings is 1. The summed E-state index contributed by atoms with van der Waals surface area (Å²) in [6.45, 7) is 2.57. The Morgan fingerprint density at radius 3 is 2.64 bits per heavy atom. The standard InChI is InChI=1S/C11H18NO2/c1-2-8-14-11(13)12-9-4-3-5-10(12)7-6-9/h3,9-10H,2,4-8H2,1H3. The van der Waals surface area contributed by atoms with Crippen LogP contribution >= 0.6 is 0 Å². The topological polar surface area (TPSA) is 29.5 Å². The van der Waals surface area contributed by atoms with Gasteiger partial charge in [0.1, 0.15) is 0 Å². The molecule has 2 heterocycles. The van der Waals surface area contributed by atoms with Crippen LogP contribution in [0.5, 0.6) is 0 Å². The van der Waals surface area contributed by atoms with E-state index in [1.165, 1.54) is 0 Å². The smallest absolute Gasteiger partial charge is 0.410 e. The predicted octanol–water partition coefficient (Wildman–Crippen LogP) is 2.36.